The number of hydrogen-bond acceptors (Lipinski definition) is 4. The van der Waals surface area contributed by atoms with Crippen LogP contribution in [0.2, 0.25) is 0 Å². The third-order valence-electron chi connectivity index (χ3n) is 2.24. The van der Waals surface area contributed by atoms with E-state index in [0.717, 1.165) is 4.47 Å². The van der Waals surface area contributed by atoms with Crippen LogP contribution in [-0.4, -0.2) is 24.8 Å². The Morgan fingerprint density at radius 3 is 2.84 bits per heavy atom. The molecule has 0 saturated carbocycles. The minimum Gasteiger partial charge on any atom is -0.483 e. The Kier molecular flexibility index (Phi) is 6.03. The van der Waals surface area contributed by atoms with Crippen molar-refractivity contribution >= 4 is 27.6 Å². The molecule has 1 rings (SSSR count). The second-order valence-electron chi connectivity index (χ2n) is 3.74. The minimum absolute atomic E-state index is 0.138. The molecule has 1 aromatic carbocycles. The zero-order valence-corrected chi connectivity index (χ0v) is 12.0. The highest BCUT2D eigenvalue weighted by atomic mass is 79.9. The van der Waals surface area contributed by atoms with Gasteiger partial charge in [-0.25, -0.2) is 0 Å². The summed E-state index contributed by atoms with van der Waals surface area (Å²) >= 11 is 3.27. The molecule has 0 atom stereocenters. The summed E-state index contributed by atoms with van der Waals surface area (Å²) in [5.74, 6) is -0.0972. The fraction of sp³-hybridized carbons (Fsp3) is 0.308. The van der Waals surface area contributed by atoms with Gasteiger partial charge in [-0.05, 0) is 25.1 Å². The van der Waals surface area contributed by atoms with Crippen molar-refractivity contribution in [1.29, 1.82) is 5.26 Å². The third-order valence-corrected chi connectivity index (χ3v) is 2.73. The van der Waals surface area contributed by atoms with Gasteiger partial charge in [-0.15, -0.1) is 0 Å². The highest BCUT2D eigenvalue weighted by Crippen LogP contribution is 2.23. The van der Waals surface area contributed by atoms with Crippen molar-refractivity contribution in [3.63, 3.8) is 0 Å². The molecule has 0 aromatic heterocycles. The summed E-state index contributed by atoms with van der Waals surface area (Å²) in [5, 5.41) is 10.9. The van der Waals surface area contributed by atoms with Gasteiger partial charge in [0.1, 0.15) is 5.75 Å². The number of ether oxygens (including phenoxy) is 1. The largest absolute Gasteiger partial charge is 0.483 e. The monoisotopic (exact) mass is 324 g/mol. The van der Waals surface area contributed by atoms with Gasteiger partial charge in [0.15, 0.2) is 12.4 Å². The van der Waals surface area contributed by atoms with E-state index in [4.69, 9.17) is 10.00 Å². The highest BCUT2D eigenvalue weighted by Gasteiger charge is 2.10. The topological polar surface area (TPSA) is 79.2 Å². The van der Waals surface area contributed by atoms with E-state index in [9.17, 15) is 9.59 Å². The Morgan fingerprint density at radius 1 is 1.47 bits per heavy atom. The van der Waals surface area contributed by atoms with E-state index in [0.29, 0.717) is 17.9 Å². The van der Waals surface area contributed by atoms with Crippen molar-refractivity contribution in [1.82, 2.24) is 5.32 Å². The maximum Gasteiger partial charge on any atom is 0.257 e. The number of carbonyl (C=O) groups excluding carboxylic acids is 2. The SMILES string of the molecule is CC(=O)c1cc(Br)ccc1OCC(=O)NCCC#N. The molecule has 1 amide bonds. The Hall–Kier alpha value is -1.87. The first-order valence-electron chi connectivity index (χ1n) is 5.61. The standard InChI is InChI=1S/C13H13BrN2O3/c1-9(17)11-7-10(14)3-4-12(11)19-8-13(18)16-6-2-5-15/h3-4,7H,2,6,8H2,1H3,(H,16,18). The molecule has 0 fully saturated rings. The van der Waals surface area contributed by atoms with Crippen LogP contribution < -0.4 is 10.1 Å². The molecule has 0 radical (unpaired) electrons. The summed E-state index contributed by atoms with van der Waals surface area (Å²) in [6.45, 7) is 1.54. The van der Waals surface area contributed by atoms with Crippen LogP contribution in [-0.2, 0) is 4.79 Å². The molecule has 0 heterocycles. The van der Waals surface area contributed by atoms with Gasteiger partial charge >= 0.3 is 0 Å². The van der Waals surface area contributed by atoms with E-state index >= 15 is 0 Å². The van der Waals surface area contributed by atoms with Crippen LogP contribution >= 0.6 is 15.9 Å². The van der Waals surface area contributed by atoms with E-state index < -0.39 is 0 Å². The summed E-state index contributed by atoms with van der Waals surface area (Å²) in [7, 11) is 0. The number of halogens is 1. The molecular formula is C13H13BrN2O3. The van der Waals surface area contributed by atoms with Gasteiger partial charge in [0.2, 0.25) is 0 Å². The number of Topliss-reactive ketones (excluding diaryl/α,β-unsaturated/α-hetero) is 1. The minimum atomic E-state index is -0.326. The maximum atomic E-state index is 11.4. The zero-order chi connectivity index (χ0) is 14.3. The Bertz CT molecular complexity index is 523. The molecule has 0 aliphatic carbocycles. The molecule has 0 saturated heterocycles. The number of carbonyl (C=O) groups is 2. The van der Waals surface area contributed by atoms with E-state index in [2.05, 4.69) is 21.2 Å². The number of nitrogens with one attached hydrogen (secondary N) is 1. The second-order valence-corrected chi connectivity index (χ2v) is 4.66. The number of rotatable bonds is 6. The van der Waals surface area contributed by atoms with Gasteiger partial charge in [-0.2, -0.15) is 5.26 Å². The van der Waals surface area contributed by atoms with Gasteiger partial charge in [0.25, 0.3) is 5.91 Å². The molecule has 0 bridgehead atoms. The number of benzene rings is 1. The van der Waals surface area contributed by atoms with Gasteiger partial charge in [0, 0.05) is 11.0 Å². The first kappa shape index (κ1) is 15.2. The second kappa shape index (κ2) is 7.54. The smallest absolute Gasteiger partial charge is 0.257 e. The molecule has 1 N–H and O–H groups in total. The summed E-state index contributed by atoms with van der Waals surface area (Å²) in [6.07, 6.45) is 0.253. The van der Waals surface area contributed by atoms with Crippen LogP contribution in [0.3, 0.4) is 0 Å². The number of hydrogen-bond donors (Lipinski definition) is 1. The molecule has 6 heteroatoms. The van der Waals surface area contributed by atoms with Crippen LogP contribution in [0.25, 0.3) is 0 Å². The van der Waals surface area contributed by atoms with Crippen LogP contribution in [0.15, 0.2) is 22.7 Å². The lowest BCUT2D eigenvalue weighted by Gasteiger charge is -2.10. The number of nitriles is 1. The van der Waals surface area contributed by atoms with Crippen LogP contribution in [0, 0.1) is 11.3 Å². The van der Waals surface area contributed by atoms with E-state index in [1.165, 1.54) is 6.92 Å². The fourth-order valence-electron chi connectivity index (χ4n) is 1.36. The van der Waals surface area contributed by atoms with Crippen molar-refractivity contribution < 1.29 is 14.3 Å². The average molecular weight is 325 g/mol. The number of nitrogens with zero attached hydrogens (tertiary/aromatic N) is 1. The molecule has 0 aliphatic heterocycles. The van der Waals surface area contributed by atoms with Crippen molar-refractivity contribution in [2.75, 3.05) is 13.2 Å². The van der Waals surface area contributed by atoms with E-state index in [1.807, 2.05) is 6.07 Å². The normalized spacial score (nSPS) is 9.53. The predicted molar refractivity (Wildman–Crippen MR) is 72.9 cm³/mol. The maximum absolute atomic E-state index is 11.4. The fourth-order valence-corrected chi connectivity index (χ4v) is 1.72. The Labute approximate surface area is 119 Å². The summed E-state index contributed by atoms with van der Waals surface area (Å²) in [6, 6.07) is 6.93. The number of amides is 1. The lowest BCUT2D eigenvalue weighted by molar-refractivity contribution is -0.123. The van der Waals surface area contributed by atoms with E-state index in [1.54, 1.807) is 18.2 Å². The molecule has 0 spiro atoms. The highest BCUT2D eigenvalue weighted by molar-refractivity contribution is 9.10. The number of ketones is 1. The van der Waals surface area contributed by atoms with Crippen LogP contribution in [0.4, 0.5) is 0 Å². The molecule has 19 heavy (non-hydrogen) atoms. The summed E-state index contributed by atoms with van der Waals surface area (Å²) < 4.78 is 6.08. The molecule has 1 aromatic rings. The van der Waals surface area contributed by atoms with Gasteiger partial charge < -0.3 is 10.1 Å². The zero-order valence-electron chi connectivity index (χ0n) is 10.4. The molecule has 100 valence electrons. The molecule has 0 aliphatic rings. The molecular weight excluding hydrogens is 312 g/mol. The molecule has 0 unspecified atom stereocenters. The van der Waals surface area contributed by atoms with Crippen LogP contribution in [0.5, 0.6) is 5.75 Å². The average Bonchev–Trinajstić information content (AvgIpc) is 2.37. The van der Waals surface area contributed by atoms with Gasteiger partial charge in [0.05, 0.1) is 18.1 Å². The first-order valence-corrected chi connectivity index (χ1v) is 6.41. The van der Waals surface area contributed by atoms with Gasteiger partial charge in [-0.3, -0.25) is 9.59 Å². The third kappa shape index (κ3) is 5.10. The quantitative estimate of drug-likeness (QED) is 0.641. The lowest BCUT2D eigenvalue weighted by Crippen LogP contribution is -2.29. The Balaban J connectivity index is 2.60. The van der Waals surface area contributed by atoms with Crippen molar-refractivity contribution in [2.24, 2.45) is 0 Å². The van der Waals surface area contributed by atoms with Gasteiger partial charge in [-0.1, -0.05) is 15.9 Å². The van der Waals surface area contributed by atoms with Crippen molar-refractivity contribution in [3.05, 3.63) is 28.2 Å². The Morgan fingerprint density at radius 2 is 2.21 bits per heavy atom. The molecule has 5 nitrogen and oxygen atoms in total. The van der Waals surface area contributed by atoms with E-state index in [-0.39, 0.29) is 24.7 Å². The first-order chi connectivity index (χ1) is 9.04. The predicted octanol–water partition coefficient (Wildman–Crippen LogP) is 2.06. The van der Waals surface area contributed by atoms with Crippen molar-refractivity contribution in [3.8, 4) is 11.8 Å². The summed E-state index contributed by atoms with van der Waals surface area (Å²) in [5.41, 5.74) is 0.416. The summed E-state index contributed by atoms with van der Waals surface area (Å²) in [4.78, 5) is 22.8. The van der Waals surface area contributed by atoms with Crippen LogP contribution in [0.1, 0.15) is 23.7 Å². The lowest BCUT2D eigenvalue weighted by atomic mass is 10.1. The van der Waals surface area contributed by atoms with Crippen molar-refractivity contribution in [2.45, 2.75) is 13.3 Å².